The maximum Gasteiger partial charge on any atom is 0.264 e. The van der Waals surface area contributed by atoms with Gasteiger partial charge < -0.3 is 5.32 Å². The molecule has 1 aliphatic rings. The van der Waals surface area contributed by atoms with Crippen LogP contribution in [0.25, 0.3) is 0 Å². The number of nitrogens with one attached hydrogen (secondary N) is 1. The zero-order chi connectivity index (χ0) is 20.1. The van der Waals surface area contributed by atoms with E-state index in [9.17, 15) is 8.42 Å². The summed E-state index contributed by atoms with van der Waals surface area (Å²) in [5.41, 5.74) is 3.63. The third-order valence-corrected chi connectivity index (χ3v) is 7.47. The molecule has 0 saturated carbocycles. The third kappa shape index (κ3) is 4.11. The van der Waals surface area contributed by atoms with Crippen LogP contribution in [0.1, 0.15) is 68.2 Å². The Bertz CT molecular complexity index is 909. The van der Waals surface area contributed by atoms with Gasteiger partial charge in [0.15, 0.2) is 0 Å². The molecule has 3 rings (SSSR count). The van der Waals surface area contributed by atoms with Crippen molar-refractivity contribution in [3.8, 4) is 0 Å². The predicted octanol–water partition coefficient (Wildman–Crippen LogP) is 5.17. The van der Waals surface area contributed by atoms with Crippen LogP contribution in [-0.2, 0) is 10.0 Å². The number of hydrogen-bond donors (Lipinski definition) is 1. The van der Waals surface area contributed by atoms with E-state index >= 15 is 0 Å². The number of nitrogens with zero attached hydrogens (tertiary/aromatic N) is 1. The average molecular weight is 401 g/mol. The first-order chi connectivity index (χ1) is 13.5. The fourth-order valence-electron chi connectivity index (χ4n) is 4.11. The summed E-state index contributed by atoms with van der Waals surface area (Å²) in [4.78, 5) is 0.397. The predicted molar refractivity (Wildman–Crippen MR) is 116 cm³/mol. The summed E-state index contributed by atoms with van der Waals surface area (Å²) in [7, 11) is -1.92. The van der Waals surface area contributed by atoms with Gasteiger partial charge in [0, 0.05) is 7.05 Å². The van der Waals surface area contributed by atoms with Crippen molar-refractivity contribution in [2.75, 3.05) is 17.9 Å². The summed E-state index contributed by atoms with van der Waals surface area (Å²) >= 11 is 0. The number of sulfonamides is 1. The van der Waals surface area contributed by atoms with Crippen molar-refractivity contribution in [3.05, 3.63) is 59.2 Å². The van der Waals surface area contributed by atoms with Crippen molar-refractivity contribution in [1.82, 2.24) is 5.32 Å². The molecule has 0 amide bonds. The average Bonchev–Trinajstić information content (AvgIpc) is 2.75. The van der Waals surface area contributed by atoms with E-state index < -0.39 is 10.0 Å². The molecule has 1 heterocycles. The molecule has 0 aromatic heterocycles. The van der Waals surface area contributed by atoms with Crippen molar-refractivity contribution >= 4 is 15.7 Å². The normalized spacial score (nSPS) is 17.7. The van der Waals surface area contributed by atoms with E-state index in [1.165, 1.54) is 36.4 Å². The van der Waals surface area contributed by atoms with E-state index in [0.717, 1.165) is 35.3 Å². The lowest BCUT2D eigenvalue weighted by atomic mass is 9.95. The zero-order valence-electron chi connectivity index (χ0n) is 17.2. The van der Waals surface area contributed by atoms with E-state index in [0.29, 0.717) is 4.90 Å². The van der Waals surface area contributed by atoms with Crippen LogP contribution in [0.15, 0.2) is 47.4 Å². The highest BCUT2D eigenvalue weighted by atomic mass is 32.2. The van der Waals surface area contributed by atoms with Crippen LogP contribution < -0.4 is 9.62 Å². The van der Waals surface area contributed by atoms with E-state index in [4.69, 9.17) is 0 Å². The quantitative estimate of drug-likeness (QED) is 0.622. The van der Waals surface area contributed by atoms with Crippen molar-refractivity contribution in [2.45, 2.75) is 63.3 Å². The van der Waals surface area contributed by atoms with Crippen LogP contribution in [0.3, 0.4) is 0 Å². The number of aryl methyl sites for hydroxylation is 1. The highest BCUT2D eigenvalue weighted by Gasteiger charge is 2.35. The summed E-state index contributed by atoms with van der Waals surface area (Å²) in [5, 5.41) is 3.66. The topological polar surface area (TPSA) is 49.4 Å². The van der Waals surface area contributed by atoms with Gasteiger partial charge in [-0.05, 0) is 42.6 Å². The summed E-state index contributed by atoms with van der Waals surface area (Å²) in [5.74, 6) is 0. The molecule has 1 atom stereocenters. The number of para-hydroxylation sites is 1. The Morgan fingerprint density at radius 2 is 1.61 bits per heavy atom. The molecule has 0 fully saturated rings. The van der Waals surface area contributed by atoms with E-state index in [1.54, 1.807) is 19.2 Å². The van der Waals surface area contributed by atoms with Crippen molar-refractivity contribution in [1.29, 1.82) is 0 Å². The SMILES string of the molecule is CCCCCCCCNC1c2ccccc2S(=O)(=O)N(C)c2c(C)cccc21. The van der Waals surface area contributed by atoms with E-state index in [1.807, 2.05) is 31.2 Å². The molecular weight excluding hydrogens is 368 g/mol. The molecule has 2 aromatic rings. The van der Waals surface area contributed by atoms with Gasteiger partial charge in [0.1, 0.15) is 0 Å². The summed E-state index contributed by atoms with van der Waals surface area (Å²) in [6, 6.07) is 13.3. The van der Waals surface area contributed by atoms with Crippen LogP contribution in [0.5, 0.6) is 0 Å². The number of fused-ring (bicyclic) bond motifs is 2. The smallest absolute Gasteiger partial charge is 0.264 e. The van der Waals surface area contributed by atoms with Gasteiger partial charge >= 0.3 is 0 Å². The minimum atomic E-state index is -3.58. The first kappa shape index (κ1) is 20.9. The van der Waals surface area contributed by atoms with E-state index in [2.05, 4.69) is 18.3 Å². The molecule has 0 aliphatic carbocycles. The van der Waals surface area contributed by atoms with Crippen LogP contribution in [0, 0.1) is 6.92 Å². The first-order valence-corrected chi connectivity index (χ1v) is 11.8. The molecule has 0 spiro atoms. The summed E-state index contributed by atoms with van der Waals surface area (Å²) in [6.45, 7) is 5.09. The van der Waals surface area contributed by atoms with Gasteiger partial charge in [-0.25, -0.2) is 8.42 Å². The Morgan fingerprint density at radius 1 is 0.929 bits per heavy atom. The van der Waals surface area contributed by atoms with Gasteiger partial charge in [-0.2, -0.15) is 0 Å². The highest BCUT2D eigenvalue weighted by molar-refractivity contribution is 7.92. The monoisotopic (exact) mass is 400 g/mol. The van der Waals surface area contributed by atoms with Gasteiger partial charge in [0.25, 0.3) is 10.0 Å². The van der Waals surface area contributed by atoms with Crippen LogP contribution in [-0.4, -0.2) is 22.0 Å². The second-order valence-electron chi connectivity index (χ2n) is 7.68. The van der Waals surface area contributed by atoms with Crippen LogP contribution >= 0.6 is 0 Å². The molecule has 1 unspecified atom stereocenters. The van der Waals surface area contributed by atoms with E-state index in [-0.39, 0.29) is 6.04 Å². The molecule has 0 radical (unpaired) electrons. The second-order valence-corrected chi connectivity index (χ2v) is 9.62. The fourth-order valence-corrected chi connectivity index (χ4v) is 5.62. The molecule has 0 bridgehead atoms. The Hall–Kier alpha value is -1.85. The van der Waals surface area contributed by atoms with Gasteiger partial charge in [-0.3, -0.25) is 4.31 Å². The maximum atomic E-state index is 13.3. The largest absolute Gasteiger partial charge is 0.306 e. The molecule has 1 N–H and O–H groups in total. The number of anilines is 1. The Kier molecular flexibility index (Phi) is 6.78. The zero-order valence-corrected chi connectivity index (χ0v) is 18.1. The maximum absolute atomic E-state index is 13.3. The lowest BCUT2D eigenvalue weighted by molar-refractivity contribution is 0.539. The molecule has 5 heteroatoms. The van der Waals surface area contributed by atoms with Crippen LogP contribution in [0.4, 0.5) is 5.69 Å². The number of hydrogen-bond acceptors (Lipinski definition) is 3. The lowest BCUT2D eigenvalue weighted by Gasteiger charge is -2.24. The molecule has 152 valence electrons. The Labute approximate surface area is 170 Å². The lowest BCUT2D eigenvalue weighted by Crippen LogP contribution is -2.27. The van der Waals surface area contributed by atoms with Gasteiger partial charge in [0.05, 0.1) is 16.6 Å². The number of unbranched alkanes of at least 4 members (excludes halogenated alkanes) is 5. The van der Waals surface area contributed by atoms with Crippen molar-refractivity contribution < 1.29 is 8.42 Å². The standard InChI is InChI=1S/C23H32N2O2S/c1-4-5-6-7-8-11-17-24-22-19-14-9-10-16-21(19)28(26,27)25(3)23-18(2)13-12-15-20(22)23/h9-10,12-16,22,24H,4-8,11,17H2,1-3H3. The number of rotatable bonds is 8. The highest BCUT2D eigenvalue weighted by Crippen LogP contribution is 2.41. The molecule has 28 heavy (non-hydrogen) atoms. The van der Waals surface area contributed by atoms with Crippen molar-refractivity contribution in [3.63, 3.8) is 0 Å². The minimum Gasteiger partial charge on any atom is -0.306 e. The fraction of sp³-hybridized carbons (Fsp3) is 0.478. The second kappa shape index (κ2) is 9.10. The Balaban J connectivity index is 1.91. The summed E-state index contributed by atoms with van der Waals surface area (Å²) < 4.78 is 28.0. The van der Waals surface area contributed by atoms with Gasteiger partial charge in [-0.1, -0.05) is 75.4 Å². The first-order valence-electron chi connectivity index (χ1n) is 10.4. The third-order valence-electron chi connectivity index (χ3n) is 5.64. The Morgan fingerprint density at radius 3 is 2.39 bits per heavy atom. The molecule has 0 saturated heterocycles. The summed E-state index contributed by atoms with van der Waals surface area (Å²) in [6.07, 6.45) is 7.44. The minimum absolute atomic E-state index is 0.124. The van der Waals surface area contributed by atoms with Gasteiger partial charge in [-0.15, -0.1) is 0 Å². The number of benzene rings is 2. The molecule has 4 nitrogen and oxygen atoms in total. The van der Waals surface area contributed by atoms with Crippen LogP contribution in [0.2, 0.25) is 0 Å². The van der Waals surface area contributed by atoms with Crippen molar-refractivity contribution in [2.24, 2.45) is 0 Å². The molecular formula is C23H32N2O2S. The molecule has 1 aliphatic heterocycles. The van der Waals surface area contributed by atoms with Gasteiger partial charge in [0.2, 0.25) is 0 Å². The molecule has 2 aromatic carbocycles.